The van der Waals surface area contributed by atoms with Gasteiger partial charge >= 0.3 is 5.97 Å². The first kappa shape index (κ1) is 27.0. The minimum Gasteiger partial charge on any atom is -0.478 e. The molecule has 1 heterocycles. The van der Waals surface area contributed by atoms with Crippen molar-refractivity contribution in [1.82, 2.24) is 0 Å². The second-order valence-electron chi connectivity index (χ2n) is 10.8. The maximum absolute atomic E-state index is 12.9. The molecule has 0 spiro atoms. The fourth-order valence-electron chi connectivity index (χ4n) is 6.19. The number of hydrogen-bond donors (Lipinski definition) is 0. The van der Waals surface area contributed by atoms with Crippen LogP contribution in [0.3, 0.4) is 0 Å². The van der Waals surface area contributed by atoms with Crippen LogP contribution in [0.4, 0.5) is 0 Å². The van der Waals surface area contributed by atoms with Crippen LogP contribution in [-0.2, 0) is 16.0 Å². The van der Waals surface area contributed by atoms with Crippen LogP contribution < -0.4 is 4.74 Å². The van der Waals surface area contributed by atoms with Gasteiger partial charge in [0.05, 0.1) is 11.8 Å². The summed E-state index contributed by atoms with van der Waals surface area (Å²) in [6.07, 6.45) is 4.45. The lowest BCUT2D eigenvalue weighted by Crippen LogP contribution is -2.31. The van der Waals surface area contributed by atoms with Crippen molar-refractivity contribution in [3.63, 3.8) is 0 Å². The van der Waals surface area contributed by atoms with E-state index in [0.29, 0.717) is 12.3 Å². The Morgan fingerprint density at radius 3 is 2.40 bits per heavy atom. The van der Waals surface area contributed by atoms with Crippen LogP contribution >= 0.6 is 27.3 Å². The highest BCUT2D eigenvalue weighted by Crippen LogP contribution is 2.48. The fraction of sp³-hybridized carbons (Fsp3) is 0.286. The van der Waals surface area contributed by atoms with E-state index in [9.17, 15) is 4.79 Å². The Bertz CT molecular complexity index is 1700. The van der Waals surface area contributed by atoms with Crippen molar-refractivity contribution in [3.05, 3.63) is 98.8 Å². The molecule has 5 aromatic rings. The lowest BCUT2D eigenvalue weighted by molar-refractivity contribution is -0.148. The smallest absolute Gasteiger partial charge is 0.347 e. The monoisotopic (exact) mass is 612 g/mol. The number of esters is 1. The average Bonchev–Trinajstić information content (AvgIpc) is 3.62. The molecule has 5 heteroatoms. The van der Waals surface area contributed by atoms with E-state index >= 15 is 0 Å². The summed E-state index contributed by atoms with van der Waals surface area (Å²) < 4.78 is 14.2. The normalized spacial score (nSPS) is 14.6. The molecule has 0 bridgehead atoms. The summed E-state index contributed by atoms with van der Waals surface area (Å²) in [7, 11) is 1.43. The summed E-state index contributed by atoms with van der Waals surface area (Å²) in [4.78, 5) is 14.2. The first-order chi connectivity index (χ1) is 19.5. The molecule has 1 saturated carbocycles. The Kier molecular flexibility index (Phi) is 7.69. The van der Waals surface area contributed by atoms with Crippen molar-refractivity contribution in [2.75, 3.05) is 7.11 Å². The molecule has 0 amide bonds. The van der Waals surface area contributed by atoms with Gasteiger partial charge in [-0.25, -0.2) is 4.79 Å². The van der Waals surface area contributed by atoms with Crippen LogP contribution in [-0.4, -0.2) is 19.2 Å². The predicted molar refractivity (Wildman–Crippen MR) is 170 cm³/mol. The van der Waals surface area contributed by atoms with E-state index in [1.807, 2.05) is 41.7 Å². The zero-order chi connectivity index (χ0) is 27.8. The minimum absolute atomic E-state index is 0.352. The van der Waals surface area contributed by atoms with Gasteiger partial charge in [0, 0.05) is 21.2 Å². The third-order valence-corrected chi connectivity index (χ3v) is 10.7. The molecule has 6 rings (SSSR count). The molecular formula is C35H33BrO3S. The standard InChI is InChI=1S/C35H33BrO3S/c1-21-22(2)40-34-31(21)32(26-15-9-10-16-27(26)33(34)36)25-17-18-29(28(20-25)24-13-7-8-14-24)39-30(35(37)38-3)19-23-11-5-4-6-12-23/h4-6,9-12,15-18,20,24,30H,7-8,13-14,19H2,1-3H3/t30-/m1/s1. The number of aryl methyl sites for hydroxylation is 2. The van der Waals surface area contributed by atoms with Gasteiger partial charge in [0.25, 0.3) is 0 Å². The Hall–Kier alpha value is -3.15. The number of ether oxygens (including phenoxy) is 2. The molecule has 4 aromatic carbocycles. The van der Waals surface area contributed by atoms with Gasteiger partial charge in [0.15, 0.2) is 6.10 Å². The number of thiophene rings is 1. The molecule has 0 saturated heterocycles. The van der Waals surface area contributed by atoms with E-state index in [0.717, 1.165) is 24.2 Å². The number of benzene rings is 4. The first-order valence-electron chi connectivity index (χ1n) is 14.0. The number of hydrogen-bond acceptors (Lipinski definition) is 4. The number of methoxy groups -OCH3 is 1. The molecule has 204 valence electrons. The maximum atomic E-state index is 12.9. The van der Waals surface area contributed by atoms with E-state index < -0.39 is 6.10 Å². The lowest BCUT2D eigenvalue weighted by atomic mass is 9.89. The molecule has 40 heavy (non-hydrogen) atoms. The van der Waals surface area contributed by atoms with Crippen molar-refractivity contribution in [2.45, 2.75) is 58.0 Å². The Labute approximate surface area is 248 Å². The van der Waals surface area contributed by atoms with E-state index in [1.165, 1.54) is 72.4 Å². The van der Waals surface area contributed by atoms with Gasteiger partial charge in [-0.15, -0.1) is 11.3 Å². The average molecular weight is 614 g/mol. The third kappa shape index (κ3) is 4.95. The highest BCUT2D eigenvalue weighted by molar-refractivity contribution is 9.11. The van der Waals surface area contributed by atoms with Crippen molar-refractivity contribution in [3.8, 4) is 16.9 Å². The molecule has 1 aliphatic carbocycles. The fourth-order valence-corrected chi connectivity index (χ4v) is 8.09. The molecule has 0 aliphatic heterocycles. The van der Waals surface area contributed by atoms with Crippen LogP contribution in [0.2, 0.25) is 0 Å². The molecule has 0 radical (unpaired) electrons. The largest absolute Gasteiger partial charge is 0.478 e. The molecule has 1 fully saturated rings. The summed E-state index contributed by atoms with van der Waals surface area (Å²) in [6.45, 7) is 4.44. The highest BCUT2D eigenvalue weighted by atomic mass is 79.9. The minimum atomic E-state index is -0.708. The van der Waals surface area contributed by atoms with E-state index in [4.69, 9.17) is 9.47 Å². The second kappa shape index (κ2) is 11.4. The zero-order valence-electron chi connectivity index (χ0n) is 23.1. The number of halogens is 1. The molecular weight excluding hydrogens is 580 g/mol. The predicted octanol–water partition coefficient (Wildman–Crippen LogP) is 9.92. The van der Waals surface area contributed by atoms with Gasteiger partial charge in [-0.05, 0) is 99.3 Å². The summed E-state index contributed by atoms with van der Waals surface area (Å²) in [5.74, 6) is 0.848. The summed E-state index contributed by atoms with van der Waals surface area (Å²) >= 11 is 5.79. The van der Waals surface area contributed by atoms with Crippen molar-refractivity contribution in [1.29, 1.82) is 0 Å². The summed E-state index contributed by atoms with van der Waals surface area (Å²) in [5, 5.41) is 3.78. The number of carbonyl (C=O) groups excluding carboxylic acids is 1. The second-order valence-corrected chi connectivity index (χ2v) is 12.8. The van der Waals surface area contributed by atoms with Gasteiger partial charge in [-0.3, -0.25) is 0 Å². The van der Waals surface area contributed by atoms with Gasteiger partial charge in [0.1, 0.15) is 5.75 Å². The summed E-state index contributed by atoms with van der Waals surface area (Å²) in [6, 6.07) is 25.3. The SMILES string of the molecule is COC(=O)[C@@H](Cc1ccccc1)Oc1ccc(-c2c3ccccc3c(Br)c3sc(C)c(C)c23)cc1C1CCCC1. The van der Waals surface area contributed by atoms with E-state index in [2.05, 4.69) is 72.2 Å². The van der Waals surface area contributed by atoms with E-state index in [1.54, 1.807) is 0 Å². The van der Waals surface area contributed by atoms with Crippen LogP contribution in [0.5, 0.6) is 5.75 Å². The first-order valence-corrected chi connectivity index (χ1v) is 15.6. The Morgan fingerprint density at radius 2 is 1.68 bits per heavy atom. The van der Waals surface area contributed by atoms with Gasteiger partial charge in [0.2, 0.25) is 0 Å². The maximum Gasteiger partial charge on any atom is 0.347 e. The quantitative estimate of drug-likeness (QED) is 0.171. The number of rotatable bonds is 7. The number of carbonyl (C=O) groups is 1. The van der Waals surface area contributed by atoms with Crippen molar-refractivity contribution >= 4 is 54.1 Å². The van der Waals surface area contributed by atoms with Crippen molar-refractivity contribution in [2.24, 2.45) is 0 Å². The topological polar surface area (TPSA) is 35.5 Å². The molecule has 1 atom stereocenters. The molecule has 1 aliphatic rings. The van der Waals surface area contributed by atoms with Crippen molar-refractivity contribution < 1.29 is 14.3 Å². The zero-order valence-corrected chi connectivity index (χ0v) is 25.5. The Balaban J connectivity index is 1.51. The lowest BCUT2D eigenvalue weighted by Gasteiger charge is -2.23. The van der Waals surface area contributed by atoms with E-state index in [-0.39, 0.29) is 5.97 Å². The highest BCUT2D eigenvalue weighted by Gasteiger charge is 2.28. The third-order valence-electron chi connectivity index (χ3n) is 8.36. The van der Waals surface area contributed by atoms with Crippen LogP contribution in [0, 0.1) is 13.8 Å². The van der Waals surface area contributed by atoms with Crippen LogP contribution in [0.25, 0.3) is 32.0 Å². The van der Waals surface area contributed by atoms with Crippen LogP contribution in [0.15, 0.2) is 77.3 Å². The number of fused-ring (bicyclic) bond motifs is 2. The van der Waals surface area contributed by atoms with Gasteiger partial charge < -0.3 is 9.47 Å². The molecule has 3 nitrogen and oxygen atoms in total. The summed E-state index contributed by atoms with van der Waals surface area (Å²) in [5.41, 5.74) is 6.04. The molecule has 0 unspecified atom stereocenters. The van der Waals surface area contributed by atoms with Crippen LogP contribution in [0.1, 0.15) is 53.2 Å². The van der Waals surface area contributed by atoms with Gasteiger partial charge in [-0.2, -0.15) is 0 Å². The molecule has 0 N–H and O–H groups in total. The molecule has 1 aromatic heterocycles. The van der Waals surface area contributed by atoms with Gasteiger partial charge in [-0.1, -0.05) is 73.5 Å². The Morgan fingerprint density at radius 1 is 0.975 bits per heavy atom.